The van der Waals surface area contributed by atoms with Gasteiger partial charge in [0, 0.05) is 43.5 Å². The van der Waals surface area contributed by atoms with Crippen LogP contribution in [0.25, 0.3) is 0 Å². The minimum absolute atomic E-state index is 0.00381. The molecule has 1 aliphatic rings. The van der Waals surface area contributed by atoms with Gasteiger partial charge in [-0.3, -0.25) is 9.59 Å². The Morgan fingerprint density at radius 2 is 1.91 bits per heavy atom. The van der Waals surface area contributed by atoms with Gasteiger partial charge in [-0.05, 0) is 44.9 Å². The van der Waals surface area contributed by atoms with Crippen molar-refractivity contribution in [3.05, 3.63) is 29.8 Å². The molecule has 22 heavy (non-hydrogen) atoms. The van der Waals surface area contributed by atoms with Gasteiger partial charge in [-0.1, -0.05) is 6.07 Å². The summed E-state index contributed by atoms with van der Waals surface area (Å²) in [6.07, 6.45) is 1.51. The monoisotopic (exact) mass is 304 g/mol. The van der Waals surface area contributed by atoms with Gasteiger partial charge in [-0.15, -0.1) is 0 Å². The number of hydrogen-bond acceptors (Lipinski definition) is 3. The van der Waals surface area contributed by atoms with Crippen LogP contribution >= 0.6 is 0 Å². The zero-order chi connectivity index (χ0) is 15.9. The number of rotatable bonds is 5. The SMILES string of the molecule is CCN(CC)C(=O)c1cccc(NC(=O)C2CCOCC2)c1. The molecule has 1 heterocycles. The van der Waals surface area contributed by atoms with Crippen molar-refractivity contribution in [1.29, 1.82) is 0 Å². The fourth-order valence-corrected chi connectivity index (χ4v) is 2.63. The second kappa shape index (κ2) is 7.94. The molecule has 1 aliphatic heterocycles. The zero-order valence-corrected chi connectivity index (χ0v) is 13.3. The fourth-order valence-electron chi connectivity index (χ4n) is 2.63. The molecule has 0 unspecified atom stereocenters. The Bertz CT molecular complexity index is 520. The molecular formula is C17H24N2O3. The molecule has 2 amide bonds. The number of amides is 2. The van der Waals surface area contributed by atoms with E-state index in [1.54, 1.807) is 23.1 Å². The molecule has 1 N–H and O–H groups in total. The second-order valence-electron chi connectivity index (χ2n) is 5.43. The molecule has 1 saturated heterocycles. The Hall–Kier alpha value is -1.88. The summed E-state index contributed by atoms with van der Waals surface area (Å²) in [5, 5.41) is 2.92. The topological polar surface area (TPSA) is 58.6 Å². The average Bonchev–Trinajstić information content (AvgIpc) is 2.57. The smallest absolute Gasteiger partial charge is 0.253 e. The van der Waals surface area contributed by atoms with E-state index in [2.05, 4.69) is 5.32 Å². The van der Waals surface area contributed by atoms with Crippen LogP contribution in [0, 0.1) is 5.92 Å². The maximum Gasteiger partial charge on any atom is 0.253 e. The molecule has 0 radical (unpaired) electrons. The molecule has 0 saturated carbocycles. The van der Waals surface area contributed by atoms with Crippen molar-refractivity contribution in [2.45, 2.75) is 26.7 Å². The summed E-state index contributed by atoms with van der Waals surface area (Å²) < 4.78 is 5.27. The molecule has 1 aromatic carbocycles. The number of hydrogen-bond donors (Lipinski definition) is 1. The van der Waals surface area contributed by atoms with E-state index in [1.165, 1.54) is 0 Å². The highest BCUT2D eigenvalue weighted by atomic mass is 16.5. The van der Waals surface area contributed by atoms with E-state index >= 15 is 0 Å². The van der Waals surface area contributed by atoms with Gasteiger partial charge in [0.15, 0.2) is 0 Å². The Morgan fingerprint density at radius 3 is 2.55 bits per heavy atom. The summed E-state index contributed by atoms with van der Waals surface area (Å²) in [6.45, 7) is 6.54. The van der Waals surface area contributed by atoms with Crippen molar-refractivity contribution in [1.82, 2.24) is 4.90 Å². The second-order valence-corrected chi connectivity index (χ2v) is 5.43. The molecule has 5 heteroatoms. The number of carbonyl (C=O) groups excluding carboxylic acids is 2. The predicted molar refractivity (Wildman–Crippen MR) is 85.9 cm³/mol. The number of nitrogens with one attached hydrogen (secondary N) is 1. The van der Waals surface area contributed by atoms with Crippen molar-refractivity contribution < 1.29 is 14.3 Å². The third-order valence-corrected chi connectivity index (χ3v) is 4.02. The lowest BCUT2D eigenvalue weighted by Crippen LogP contribution is -2.31. The average molecular weight is 304 g/mol. The van der Waals surface area contributed by atoms with Gasteiger partial charge in [0.2, 0.25) is 5.91 Å². The van der Waals surface area contributed by atoms with Gasteiger partial charge in [-0.25, -0.2) is 0 Å². The summed E-state index contributed by atoms with van der Waals surface area (Å²) in [5.41, 5.74) is 1.28. The van der Waals surface area contributed by atoms with Gasteiger partial charge >= 0.3 is 0 Å². The van der Waals surface area contributed by atoms with Crippen LogP contribution in [-0.4, -0.2) is 43.0 Å². The number of nitrogens with zero attached hydrogens (tertiary/aromatic N) is 1. The summed E-state index contributed by atoms with van der Waals surface area (Å²) in [5.74, 6) is -0.00112. The lowest BCUT2D eigenvalue weighted by atomic mass is 9.99. The summed E-state index contributed by atoms with van der Waals surface area (Å²) >= 11 is 0. The lowest BCUT2D eigenvalue weighted by Gasteiger charge is -2.22. The van der Waals surface area contributed by atoms with Crippen LogP contribution < -0.4 is 5.32 Å². The minimum atomic E-state index is -0.00725. The molecule has 1 fully saturated rings. The highest BCUT2D eigenvalue weighted by Crippen LogP contribution is 2.19. The molecule has 1 aromatic rings. The summed E-state index contributed by atoms with van der Waals surface area (Å²) in [4.78, 5) is 26.3. The molecule has 5 nitrogen and oxygen atoms in total. The first kappa shape index (κ1) is 16.5. The Balaban J connectivity index is 2.04. The van der Waals surface area contributed by atoms with Crippen LogP contribution in [0.1, 0.15) is 37.0 Å². The van der Waals surface area contributed by atoms with Gasteiger partial charge in [0.05, 0.1) is 0 Å². The van der Waals surface area contributed by atoms with Crippen molar-refractivity contribution in [3.63, 3.8) is 0 Å². The number of carbonyl (C=O) groups is 2. The highest BCUT2D eigenvalue weighted by molar-refractivity contribution is 5.97. The maximum atomic E-state index is 12.3. The molecule has 0 atom stereocenters. The van der Waals surface area contributed by atoms with E-state index in [1.807, 2.05) is 19.9 Å². The standard InChI is InChI=1S/C17H24N2O3/c1-3-19(4-2)17(21)14-6-5-7-15(12-14)18-16(20)13-8-10-22-11-9-13/h5-7,12-13H,3-4,8-11H2,1-2H3,(H,18,20). The Kier molecular flexibility index (Phi) is 5.95. The predicted octanol–water partition coefficient (Wildman–Crippen LogP) is 2.53. The number of benzene rings is 1. The van der Waals surface area contributed by atoms with Gasteiger partial charge in [0.1, 0.15) is 0 Å². The Labute approximate surface area is 131 Å². The Morgan fingerprint density at radius 1 is 1.23 bits per heavy atom. The van der Waals surface area contributed by atoms with E-state index in [4.69, 9.17) is 4.74 Å². The molecule has 120 valence electrons. The quantitative estimate of drug-likeness (QED) is 0.909. The van der Waals surface area contributed by atoms with Gasteiger partial charge < -0.3 is 15.0 Å². The third kappa shape index (κ3) is 4.07. The van der Waals surface area contributed by atoms with Crippen LogP contribution in [0.15, 0.2) is 24.3 Å². The molecule has 2 rings (SSSR count). The van der Waals surface area contributed by atoms with Gasteiger partial charge in [-0.2, -0.15) is 0 Å². The molecule has 0 spiro atoms. The van der Waals surface area contributed by atoms with E-state index < -0.39 is 0 Å². The van der Waals surface area contributed by atoms with Crippen molar-refractivity contribution in [2.75, 3.05) is 31.6 Å². The largest absolute Gasteiger partial charge is 0.381 e. The zero-order valence-electron chi connectivity index (χ0n) is 13.3. The van der Waals surface area contributed by atoms with Crippen LogP contribution in [0.5, 0.6) is 0 Å². The van der Waals surface area contributed by atoms with E-state index in [9.17, 15) is 9.59 Å². The minimum Gasteiger partial charge on any atom is -0.381 e. The first-order valence-corrected chi connectivity index (χ1v) is 7.93. The number of anilines is 1. The van der Waals surface area contributed by atoms with Crippen LogP contribution in [0.2, 0.25) is 0 Å². The van der Waals surface area contributed by atoms with E-state index in [0.717, 1.165) is 12.8 Å². The molecular weight excluding hydrogens is 280 g/mol. The van der Waals surface area contributed by atoms with Crippen molar-refractivity contribution in [3.8, 4) is 0 Å². The molecule has 0 aromatic heterocycles. The first-order valence-electron chi connectivity index (χ1n) is 7.93. The van der Waals surface area contributed by atoms with Crippen molar-refractivity contribution in [2.24, 2.45) is 5.92 Å². The molecule has 0 bridgehead atoms. The van der Waals surface area contributed by atoms with Crippen molar-refractivity contribution >= 4 is 17.5 Å². The molecule has 0 aliphatic carbocycles. The normalized spacial score (nSPS) is 15.4. The first-order chi connectivity index (χ1) is 10.7. The lowest BCUT2D eigenvalue weighted by molar-refractivity contribution is -0.122. The fraction of sp³-hybridized carbons (Fsp3) is 0.529. The van der Waals surface area contributed by atoms with Gasteiger partial charge in [0.25, 0.3) is 5.91 Å². The van der Waals surface area contributed by atoms with Crippen LogP contribution in [0.3, 0.4) is 0 Å². The maximum absolute atomic E-state index is 12.3. The number of ether oxygens (including phenoxy) is 1. The van der Waals surface area contributed by atoms with E-state index in [-0.39, 0.29) is 17.7 Å². The summed E-state index contributed by atoms with van der Waals surface area (Å²) in [7, 11) is 0. The summed E-state index contributed by atoms with van der Waals surface area (Å²) in [6, 6.07) is 7.15. The highest BCUT2D eigenvalue weighted by Gasteiger charge is 2.22. The third-order valence-electron chi connectivity index (χ3n) is 4.02. The van der Waals surface area contributed by atoms with Crippen LogP contribution in [-0.2, 0) is 9.53 Å². The van der Waals surface area contributed by atoms with Crippen LogP contribution in [0.4, 0.5) is 5.69 Å². The van der Waals surface area contributed by atoms with E-state index in [0.29, 0.717) is 37.6 Å².